The van der Waals surface area contributed by atoms with Crippen molar-refractivity contribution in [1.29, 1.82) is 5.26 Å². The van der Waals surface area contributed by atoms with Crippen molar-refractivity contribution in [2.24, 2.45) is 0 Å². The van der Waals surface area contributed by atoms with Crippen LogP contribution in [-0.2, 0) is 6.42 Å². The third-order valence-corrected chi connectivity index (χ3v) is 4.69. The zero-order valence-corrected chi connectivity index (χ0v) is 13.3. The van der Waals surface area contributed by atoms with Crippen molar-refractivity contribution in [2.45, 2.75) is 12.3 Å². The van der Waals surface area contributed by atoms with Gasteiger partial charge in [0.05, 0.1) is 11.6 Å². The highest BCUT2D eigenvalue weighted by Crippen LogP contribution is 2.31. The van der Waals surface area contributed by atoms with Gasteiger partial charge in [0.1, 0.15) is 0 Å². The third kappa shape index (κ3) is 2.75. The molecule has 1 nitrogen and oxygen atoms in total. The van der Waals surface area contributed by atoms with Gasteiger partial charge >= 0.3 is 0 Å². The summed E-state index contributed by atoms with van der Waals surface area (Å²) in [7, 11) is 0. The Labute approximate surface area is 142 Å². The van der Waals surface area contributed by atoms with E-state index in [9.17, 15) is 0 Å². The second-order valence-electron chi connectivity index (χ2n) is 6.18. The average molecular weight is 307 g/mol. The fourth-order valence-electron chi connectivity index (χ4n) is 3.30. The van der Waals surface area contributed by atoms with E-state index >= 15 is 0 Å². The first-order valence-corrected chi connectivity index (χ1v) is 8.20. The van der Waals surface area contributed by atoms with Gasteiger partial charge in [-0.3, -0.25) is 0 Å². The fraction of sp³-hybridized carbons (Fsp3) is 0.0870. The normalized spacial score (nSPS) is 15.5. The zero-order chi connectivity index (χ0) is 16.4. The molecule has 0 N–H and O–H groups in total. The van der Waals surface area contributed by atoms with Crippen LogP contribution in [0.2, 0.25) is 0 Å². The Morgan fingerprint density at radius 2 is 1.46 bits per heavy atom. The Kier molecular flexibility index (Phi) is 3.73. The number of rotatable bonds is 2. The van der Waals surface area contributed by atoms with E-state index in [1.807, 2.05) is 24.3 Å². The largest absolute Gasteiger partial charge is 0.192 e. The van der Waals surface area contributed by atoms with Gasteiger partial charge in [-0.05, 0) is 46.4 Å². The van der Waals surface area contributed by atoms with Crippen LogP contribution >= 0.6 is 0 Å². The molecular weight excluding hydrogens is 290 g/mol. The van der Waals surface area contributed by atoms with Gasteiger partial charge in [0, 0.05) is 5.92 Å². The molecule has 0 radical (unpaired) electrons. The summed E-state index contributed by atoms with van der Waals surface area (Å²) in [6.07, 6.45) is 5.60. The molecule has 1 unspecified atom stereocenters. The summed E-state index contributed by atoms with van der Waals surface area (Å²) in [5.74, 6) is 0.440. The molecule has 114 valence electrons. The summed E-state index contributed by atoms with van der Waals surface area (Å²) in [6.45, 7) is 0. The predicted octanol–water partition coefficient (Wildman–Crippen LogP) is 5.58. The molecule has 0 saturated heterocycles. The molecule has 0 aliphatic heterocycles. The van der Waals surface area contributed by atoms with Crippen LogP contribution < -0.4 is 0 Å². The van der Waals surface area contributed by atoms with Crippen molar-refractivity contribution < 1.29 is 0 Å². The van der Waals surface area contributed by atoms with E-state index in [0.717, 1.165) is 12.0 Å². The smallest absolute Gasteiger partial charge is 0.0991 e. The molecule has 0 fully saturated rings. The molecule has 0 saturated carbocycles. The molecule has 4 rings (SSSR count). The summed E-state index contributed by atoms with van der Waals surface area (Å²) < 4.78 is 0. The van der Waals surface area contributed by atoms with Crippen molar-refractivity contribution in [1.82, 2.24) is 0 Å². The van der Waals surface area contributed by atoms with Crippen LogP contribution in [0.3, 0.4) is 0 Å². The topological polar surface area (TPSA) is 23.8 Å². The number of hydrogen-bond acceptors (Lipinski definition) is 1. The van der Waals surface area contributed by atoms with Crippen LogP contribution in [0.25, 0.3) is 17.2 Å². The zero-order valence-electron chi connectivity index (χ0n) is 13.3. The van der Waals surface area contributed by atoms with Crippen molar-refractivity contribution >= 4 is 6.08 Å². The van der Waals surface area contributed by atoms with E-state index in [2.05, 4.69) is 66.8 Å². The summed E-state index contributed by atoms with van der Waals surface area (Å²) >= 11 is 0. The van der Waals surface area contributed by atoms with E-state index in [1.54, 1.807) is 0 Å². The van der Waals surface area contributed by atoms with Crippen LogP contribution in [0.5, 0.6) is 0 Å². The molecule has 3 aromatic rings. The summed E-state index contributed by atoms with van der Waals surface area (Å²) in [5, 5.41) is 8.89. The van der Waals surface area contributed by atoms with E-state index in [4.69, 9.17) is 5.26 Å². The van der Waals surface area contributed by atoms with E-state index in [0.29, 0.717) is 11.5 Å². The standard InChI is InChI=1S/C23H17N/c24-16-17-5-7-19(8-6-17)20-9-11-21(12-10-20)23-14-13-18-3-1-2-4-22(18)15-23/h1-14,23H,15H2. The monoisotopic (exact) mass is 307 g/mol. The van der Waals surface area contributed by atoms with Gasteiger partial charge in [-0.15, -0.1) is 0 Å². The minimum atomic E-state index is 0.440. The number of nitrogens with zero attached hydrogens (tertiary/aromatic N) is 1. The fourth-order valence-corrected chi connectivity index (χ4v) is 3.30. The molecule has 1 aliphatic rings. The summed E-state index contributed by atoms with van der Waals surface area (Å²) in [5.41, 5.74) is 7.12. The van der Waals surface area contributed by atoms with Crippen LogP contribution in [0.15, 0.2) is 78.9 Å². The number of allylic oxidation sites excluding steroid dienone is 1. The van der Waals surface area contributed by atoms with Crippen LogP contribution in [-0.4, -0.2) is 0 Å². The van der Waals surface area contributed by atoms with Crippen LogP contribution in [0.1, 0.15) is 28.2 Å². The lowest BCUT2D eigenvalue weighted by atomic mass is 9.85. The van der Waals surface area contributed by atoms with Crippen molar-refractivity contribution in [3.05, 3.63) is 101 Å². The van der Waals surface area contributed by atoms with Gasteiger partial charge in [0.25, 0.3) is 0 Å². The minimum Gasteiger partial charge on any atom is -0.192 e. The van der Waals surface area contributed by atoms with Gasteiger partial charge in [-0.2, -0.15) is 5.26 Å². The molecule has 0 heterocycles. The first kappa shape index (κ1) is 14.5. The first-order valence-electron chi connectivity index (χ1n) is 8.20. The average Bonchev–Trinajstić information content (AvgIpc) is 2.68. The van der Waals surface area contributed by atoms with E-state index < -0.39 is 0 Å². The van der Waals surface area contributed by atoms with E-state index in [1.165, 1.54) is 22.3 Å². The quantitative estimate of drug-likeness (QED) is 0.606. The number of benzene rings is 3. The number of fused-ring (bicyclic) bond motifs is 1. The van der Waals surface area contributed by atoms with E-state index in [-0.39, 0.29) is 0 Å². The predicted molar refractivity (Wildman–Crippen MR) is 98.5 cm³/mol. The second-order valence-corrected chi connectivity index (χ2v) is 6.18. The maximum atomic E-state index is 8.89. The molecule has 1 atom stereocenters. The van der Waals surface area contributed by atoms with Gasteiger partial charge in [-0.25, -0.2) is 0 Å². The first-order chi connectivity index (χ1) is 11.8. The maximum Gasteiger partial charge on any atom is 0.0991 e. The van der Waals surface area contributed by atoms with Crippen molar-refractivity contribution in [3.8, 4) is 17.2 Å². The molecular formula is C23H17N. The van der Waals surface area contributed by atoms with Crippen molar-refractivity contribution in [2.75, 3.05) is 0 Å². The molecule has 0 amide bonds. The van der Waals surface area contributed by atoms with Gasteiger partial charge in [-0.1, -0.05) is 72.8 Å². The molecule has 0 spiro atoms. The SMILES string of the molecule is N#Cc1ccc(-c2ccc(C3C=Cc4ccccc4C3)cc2)cc1. The molecule has 0 bridgehead atoms. The lowest BCUT2D eigenvalue weighted by Gasteiger charge is -2.20. The van der Waals surface area contributed by atoms with Gasteiger partial charge in [0.15, 0.2) is 0 Å². The number of nitriles is 1. The summed E-state index contributed by atoms with van der Waals surface area (Å²) in [6, 6.07) is 27.3. The molecule has 1 heteroatoms. The highest BCUT2D eigenvalue weighted by Gasteiger charge is 2.15. The maximum absolute atomic E-state index is 8.89. The number of hydrogen-bond donors (Lipinski definition) is 0. The van der Waals surface area contributed by atoms with Gasteiger partial charge < -0.3 is 0 Å². The molecule has 0 aromatic heterocycles. The highest BCUT2D eigenvalue weighted by molar-refractivity contribution is 5.65. The second kappa shape index (κ2) is 6.18. The Morgan fingerprint density at radius 3 is 2.17 bits per heavy atom. The van der Waals surface area contributed by atoms with Crippen molar-refractivity contribution in [3.63, 3.8) is 0 Å². The Hall–Kier alpha value is -3.11. The molecule has 3 aromatic carbocycles. The highest BCUT2D eigenvalue weighted by atomic mass is 14.2. The third-order valence-electron chi connectivity index (χ3n) is 4.69. The van der Waals surface area contributed by atoms with Crippen LogP contribution in [0, 0.1) is 11.3 Å². The minimum absolute atomic E-state index is 0.440. The van der Waals surface area contributed by atoms with Crippen LogP contribution in [0.4, 0.5) is 0 Å². The Balaban J connectivity index is 1.57. The Bertz CT molecular complexity index is 925. The Morgan fingerprint density at radius 1 is 0.792 bits per heavy atom. The summed E-state index contributed by atoms with van der Waals surface area (Å²) in [4.78, 5) is 0. The molecule has 24 heavy (non-hydrogen) atoms. The molecule has 1 aliphatic carbocycles. The lowest BCUT2D eigenvalue weighted by molar-refractivity contribution is 0.827. The van der Waals surface area contributed by atoms with Gasteiger partial charge in [0.2, 0.25) is 0 Å². The lowest BCUT2D eigenvalue weighted by Crippen LogP contribution is -2.05.